The number of carbonyl (C=O) groups is 2. The Morgan fingerprint density at radius 1 is 1.27 bits per heavy atom. The van der Waals surface area contributed by atoms with Gasteiger partial charge in [0.1, 0.15) is 11.9 Å². The molecule has 2 saturated heterocycles. The van der Waals surface area contributed by atoms with Gasteiger partial charge < -0.3 is 15.5 Å². The maximum absolute atomic E-state index is 13.7. The van der Waals surface area contributed by atoms with Crippen LogP contribution in [0.2, 0.25) is 0 Å². The van der Waals surface area contributed by atoms with E-state index in [4.69, 9.17) is 5.73 Å². The number of thioether (sulfide) groups is 1. The summed E-state index contributed by atoms with van der Waals surface area (Å²) in [5.41, 5.74) is 4.98. The number of nitrogens with zero attached hydrogens (tertiary/aromatic N) is 3. The van der Waals surface area contributed by atoms with Crippen LogP contribution in [0.3, 0.4) is 0 Å². The molecule has 2 atom stereocenters. The van der Waals surface area contributed by atoms with E-state index >= 15 is 0 Å². The first-order valence-electron chi connectivity index (χ1n) is 10.4. The lowest BCUT2D eigenvalue weighted by atomic mass is 10.1. The van der Waals surface area contributed by atoms with E-state index in [1.165, 1.54) is 9.47 Å². The van der Waals surface area contributed by atoms with Crippen molar-refractivity contribution >= 4 is 35.1 Å². The molecule has 3 N–H and O–H groups in total. The predicted octanol–water partition coefficient (Wildman–Crippen LogP) is 1.22. The summed E-state index contributed by atoms with van der Waals surface area (Å²) in [5, 5.41) is 0. The van der Waals surface area contributed by atoms with Crippen molar-refractivity contribution in [2.45, 2.75) is 64.9 Å². The Balaban J connectivity index is 2.08. The largest absolute Gasteiger partial charge is 0.383 e. The third-order valence-electron chi connectivity index (χ3n) is 5.58. The van der Waals surface area contributed by atoms with Gasteiger partial charge in [0.25, 0.3) is 11.5 Å². The maximum atomic E-state index is 13.7. The lowest BCUT2D eigenvalue weighted by Crippen LogP contribution is -2.53. The van der Waals surface area contributed by atoms with Crippen molar-refractivity contribution in [3.05, 3.63) is 20.8 Å². The highest BCUT2D eigenvalue weighted by atomic mass is 32.2. The van der Waals surface area contributed by atoms with Gasteiger partial charge in [0, 0.05) is 25.3 Å². The number of fused-ring (bicyclic) bond motifs is 1. The molecule has 1 aromatic rings. The average molecular weight is 438 g/mol. The quantitative estimate of drug-likeness (QED) is 0.690. The van der Waals surface area contributed by atoms with E-state index in [1.807, 2.05) is 34.6 Å². The van der Waals surface area contributed by atoms with Crippen LogP contribution in [0.15, 0.2) is 9.59 Å². The number of aromatic nitrogens is 2. The van der Waals surface area contributed by atoms with Gasteiger partial charge in [-0.15, -0.1) is 11.8 Å². The number of hydrogen-bond donors (Lipinski definition) is 2. The molecule has 9 nitrogen and oxygen atoms in total. The topological polar surface area (TPSA) is 121 Å². The highest BCUT2D eigenvalue weighted by Crippen LogP contribution is 2.47. The van der Waals surface area contributed by atoms with Crippen molar-refractivity contribution in [1.29, 1.82) is 0 Å². The van der Waals surface area contributed by atoms with Crippen LogP contribution in [0.4, 0.5) is 11.5 Å². The van der Waals surface area contributed by atoms with E-state index in [0.29, 0.717) is 25.1 Å². The van der Waals surface area contributed by atoms with Crippen LogP contribution in [-0.4, -0.2) is 49.5 Å². The predicted molar refractivity (Wildman–Crippen MR) is 118 cm³/mol. The minimum atomic E-state index is -0.687. The third-order valence-corrected chi connectivity index (χ3v) is 7.08. The number of amides is 2. The minimum absolute atomic E-state index is 0.0146. The van der Waals surface area contributed by atoms with Gasteiger partial charge in [0.05, 0.1) is 4.87 Å². The molecule has 3 heterocycles. The third kappa shape index (κ3) is 3.89. The Morgan fingerprint density at radius 3 is 2.53 bits per heavy atom. The van der Waals surface area contributed by atoms with Gasteiger partial charge in [-0.2, -0.15) is 0 Å². The number of nitrogen functional groups attached to an aromatic ring is 1. The van der Waals surface area contributed by atoms with E-state index in [1.54, 1.807) is 16.7 Å². The average Bonchev–Trinajstić information content (AvgIpc) is 3.12. The zero-order valence-electron chi connectivity index (χ0n) is 18.2. The molecule has 0 saturated carbocycles. The molecule has 10 heteroatoms. The fourth-order valence-electron chi connectivity index (χ4n) is 4.22. The Kier molecular flexibility index (Phi) is 6.08. The van der Waals surface area contributed by atoms with Crippen LogP contribution in [-0.2, 0) is 16.1 Å². The standard InChI is InChI=1S/C20H31N5O4S/c1-11(2)8-23(15-16(21)24(9-12(3)4)19(29)22-17(15)27)18(28)13-10-30-20(5)7-6-14(26)25(13)20/h11-13H,6-10,21H2,1-5H3,(H,22,27,29)/t13-,20+/m0/s1. The zero-order chi connectivity index (χ0) is 22.4. The molecular formula is C20H31N5O4S. The molecule has 30 heavy (non-hydrogen) atoms. The Bertz CT molecular complexity index is 969. The lowest BCUT2D eigenvalue weighted by Gasteiger charge is -2.34. The summed E-state index contributed by atoms with van der Waals surface area (Å²) in [7, 11) is 0. The van der Waals surface area contributed by atoms with Gasteiger partial charge in [-0.1, -0.05) is 27.7 Å². The zero-order valence-corrected chi connectivity index (χ0v) is 19.0. The van der Waals surface area contributed by atoms with Crippen LogP contribution in [0.1, 0.15) is 47.5 Å². The van der Waals surface area contributed by atoms with Gasteiger partial charge in [-0.05, 0) is 25.2 Å². The van der Waals surface area contributed by atoms with Crippen molar-refractivity contribution < 1.29 is 9.59 Å². The molecule has 0 aromatic carbocycles. The normalized spacial score (nSPS) is 23.5. The molecule has 1 aromatic heterocycles. The van der Waals surface area contributed by atoms with Crippen molar-refractivity contribution in [2.75, 3.05) is 22.9 Å². The number of nitrogens with one attached hydrogen (secondary N) is 1. The number of anilines is 2. The van der Waals surface area contributed by atoms with Crippen molar-refractivity contribution in [2.24, 2.45) is 11.8 Å². The van der Waals surface area contributed by atoms with E-state index in [9.17, 15) is 19.2 Å². The second kappa shape index (κ2) is 8.13. The van der Waals surface area contributed by atoms with E-state index in [0.717, 1.165) is 0 Å². The van der Waals surface area contributed by atoms with Crippen LogP contribution in [0.5, 0.6) is 0 Å². The van der Waals surface area contributed by atoms with Crippen LogP contribution in [0.25, 0.3) is 0 Å². The van der Waals surface area contributed by atoms with Crippen molar-refractivity contribution in [3.63, 3.8) is 0 Å². The number of rotatable bonds is 6. The van der Waals surface area contributed by atoms with Crippen molar-refractivity contribution in [1.82, 2.24) is 14.5 Å². The van der Waals surface area contributed by atoms with Crippen LogP contribution >= 0.6 is 11.8 Å². The number of nitrogens with two attached hydrogens (primary N) is 1. The molecule has 0 bridgehead atoms. The maximum Gasteiger partial charge on any atom is 0.330 e. The highest BCUT2D eigenvalue weighted by molar-refractivity contribution is 8.01. The molecule has 0 aliphatic carbocycles. The molecular weight excluding hydrogens is 406 g/mol. The van der Waals surface area contributed by atoms with Gasteiger partial charge >= 0.3 is 5.69 Å². The number of carbonyl (C=O) groups excluding carboxylic acids is 2. The van der Waals surface area contributed by atoms with Crippen LogP contribution < -0.4 is 21.9 Å². The first kappa shape index (κ1) is 22.5. The molecule has 0 unspecified atom stereocenters. The summed E-state index contributed by atoms with van der Waals surface area (Å²) in [6.07, 6.45) is 1.12. The fourth-order valence-corrected chi connectivity index (χ4v) is 5.65. The monoisotopic (exact) mass is 437 g/mol. The summed E-state index contributed by atoms with van der Waals surface area (Å²) in [5.74, 6) is 0.242. The number of H-pyrrole nitrogens is 1. The summed E-state index contributed by atoms with van der Waals surface area (Å²) < 4.78 is 1.30. The molecule has 0 radical (unpaired) electrons. The number of aromatic amines is 1. The fraction of sp³-hybridized carbons (Fsp3) is 0.700. The van der Waals surface area contributed by atoms with E-state index < -0.39 is 22.2 Å². The number of hydrogen-bond acceptors (Lipinski definition) is 6. The first-order chi connectivity index (χ1) is 14.0. The van der Waals surface area contributed by atoms with E-state index in [2.05, 4.69) is 4.98 Å². The Hall–Kier alpha value is -2.23. The second-order valence-electron chi connectivity index (χ2n) is 9.11. The molecule has 3 rings (SSSR count). The van der Waals surface area contributed by atoms with Gasteiger partial charge in [-0.3, -0.25) is 23.9 Å². The summed E-state index contributed by atoms with van der Waals surface area (Å²) in [6.45, 7) is 10.3. The second-order valence-corrected chi connectivity index (χ2v) is 10.6. The molecule has 2 aliphatic heterocycles. The Labute approximate surface area is 180 Å². The molecule has 2 fully saturated rings. The SMILES string of the molecule is CC(C)CN(C(=O)[C@@H]1CS[C@]2(C)CCC(=O)N12)c1c(N)n(CC(C)C)c(=O)[nH]c1=O. The van der Waals surface area contributed by atoms with Crippen molar-refractivity contribution in [3.8, 4) is 0 Å². The lowest BCUT2D eigenvalue weighted by molar-refractivity contribution is -0.136. The highest BCUT2D eigenvalue weighted by Gasteiger charge is 2.54. The van der Waals surface area contributed by atoms with Gasteiger partial charge in [0.2, 0.25) is 5.91 Å². The van der Waals surface area contributed by atoms with E-state index in [-0.39, 0.29) is 41.7 Å². The van der Waals surface area contributed by atoms with Gasteiger partial charge in [-0.25, -0.2) is 4.79 Å². The molecule has 0 spiro atoms. The Morgan fingerprint density at radius 2 is 1.93 bits per heavy atom. The first-order valence-corrected chi connectivity index (χ1v) is 11.3. The summed E-state index contributed by atoms with van der Waals surface area (Å²) >= 11 is 1.59. The minimum Gasteiger partial charge on any atom is -0.383 e. The molecule has 166 valence electrons. The molecule has 2 aliphatic rings. The summed E-state index contributed by atoms with van der Waals surface area (Å²) in [6, 6.07) is -0.655. The van der Waals surface area contributed by atoms with Gasteiger partial charge in [0.15, 0.2) is 5.69 Å². The smallest absolute Gasteiger partial charge is 0.330 e. The summed E-state index contributed by atoms with van der Waals surface area (Å²) in [4.78, 5) is 56.2. The van der Waals surface area contributed by atoms with Crippen LogP contribution in [0, 0.1) is 11.8 Å². The molecule has 2 amide bonds.